The van der Waals surface area contributed by atoms with Crippen LogP contribution in [0.4, 0.5) is 0 Å². The molecule has 0 unspecified atom stereocenters. The molecule has 0 aliphatic carbocycles. The van der Waals surface area contributed by atoms with E-state index < -0.39 is 0 Å². The number of aromatic nitrogens is 1. The summed E-state index contributed by atoms with van der Waals surface area (Å²) in [6, 6.07) is 10.1. The smallest absolute Gasteiger partial charge is 0.233 e. The van der Waals surface area contributed by atoms with Crippen molar-refractivity contribution in [1.82, 2.24) is 9.47 Å². The second-order valence-electron chi connectivity index (χ2n) is 4.95. The fraction of sp³-hybridized carbons (Fsp3) is 0.312. The highest BCUT2D eigenvalue weighted by atomic mass is 32.2. The predicted octanol–water partition coefficient (Wildman–Crippen LogP) is 3.08. The first-order valence-corrected chi connectivity index (χ1v) is 8.02. The van der Waals surface area contributed by atoms with Gasteiger partial charge >= 0.3 is 0 Å². The molecule has 1 aromatic heterocycles. The summed E-state index contributed by atoms with van der Waals surface area (Å²) in [7, 11) is 1.86. The maximum atomic E-state index is 11.6. The number of rotatable bonds is 4. The zero-order valence-electron chi connectivity index (χ0n) is 12.2. The number of hydrogen-bond donors (Lipinski definition) is 0. The third kappa shape index (κ3) is 2.78. The van der Waals surface area contributed by atoms with Crippen LogP contribution in [-0.2, 0) is 4.79 Å². The molecule has 1 saturated heterocycles. The van der Waals surface area contributed by atoms with Crippen LogP contribution in [-0.4, -0.2) is 34.8 Å². The minimum Gasteiger partial charge on any atom is -0.494 e. The first kappa shape index (κ1) is 14.1. The lowest BCUT2D eigenvalue weighted by Gasteiger charge is -2.17. The lowest BCUT2D eigenvalue weighted by atomic mass is 10.3. The molecule has 1 aromatic carbocycles. The first-order chi connectivity index (χ1) is 10.2. The molecular formula is C16H18N2O2S. The van der Waals surface area contributed by atoms with E-state index in [2.05, 4.69) is 16.8 Å². The number of carbonyl (C=O) groups excluding carboxylic acids is 1. The van der Waals surface area contributed by atoms with Gasteiger partial charge in [0, 0.05) is 36.8 Å². The highest BCUT2D eigenvalue weighted by Gasteiger charge is 2.30. The van der Waals surface area contributed by atoms with Gasteiger partial charge in [-0.25, -0.2) is 0 Å². The van der Waals surface area contributed by atoms with Crippen molar-refractivity contribution in [2.75, 3.05) is 19.4 Å². The standard InChI is InChI=1S/C16H18N2O2S/c1-3-20-14-6-4-5-13(9-14)18-8-7-12(10-18)16-17(2)15(19)11-21-16/h4-10,16H,3,11H2,1-2H3/t16-/m1/s1. The van der Waals surface area contributed by atoms with E-state index in [1.807, 2.05) is 44.4 Å². The Morgan fingerprint density at radius 1 is 1.38 bits per heavy atom. The molecule has 2 heterocycles. The van der Waals surface area contributed by atoms with E-state index in [0.717, 1.165) is 17.0 Å². The molecule has 0 spiro atoms. The van der Waals surface area contributed by atoms with Crippen molar-refractivity contribution in [3.8, 4) is 11.4 Å². The molecule has 0 N–H and O–H groups in total. The lowest BCUT2D eigenvalue weighted by molar-refractivity contribution is -0.126. The second-order valence-corrected chi connectivity index (χ2v) is 6.02. The molecule has 21 heavy (non-hydrogen) atoms. The number of amides is 1. The lowest BCUT2D eigenvalue weighted by Crippen LogP contribution is -2.22. The van der Waals surface area contributed by atoms with Crippen LogP contribution in [0, 0.1) is 0 Å². The molecular weight excluding hydrogens is 284 g/mol. The minimum absolute atomic E-state index is 0.119. The van der Waals surface area contributed by atoms with E-state index in [1.54, 1.807) is 16.7 Å². The van der Waals surface area contributed by atoms with Crippen LogP contribution < -0.4 is 4.74 Å². The third-order valence-corrected chi connectivity index (χ3v) is 4.86. The van der Waals surface area contributed by atoms with Gasteiger partial charge in [0.15, 0.2) is 0 Å². The van der Waals surface area contributed by atoms with E-state index in [1.165, 1.54) is 0 Å². The van der Waals surface area contributed by atoms with Crippen LogP contribution in [0.15, 0.2) is 42.7 Å². The maximum Gasteiger partial charge on any atom is 0.233 e. The number of carbonyl (C=O) groups is 1. The molecule has 1 atom stereocenters. The molecule has 0 saturated carbocycles. The second kappa shape index (κ2) is 5.85. The summed E-state index contributed by atoms with van der Waals surface area (Å²) in [5.41, 5.74) is 2.21. The van der Waals surface area contributed by atoms with Gasteiger partial charge in [0.05, 0.1) is 12.4 Å². The minimum atomic E-state index is 0.119. The molecule has 110 valence electrons. The Bertz CT molecular complexity index is 653. The fourth-order valence-corrected chi connectivity index (χ4v) is 3.61. The van der Waals surface area contributed by atoms with Gasteiger partial charge < -0.3 is 14.2 Å². The Morgan fingerprint density at radius 2 is 2.24 bits per heavy atom. The number of thioether (sulfide) groups is 1. The third-order valence-electron chi connectivity index (χ3n) is 3.54. The molecule has 0 bridgehead atoms. The quantitative estimate of drug-likeness (QED) is 0.870. The van der Waals surface area contributed by atoms with Crippen LogP contribution >= 0.6 is 11.8 Å². The van der Waals surface area contributed by atoms with E-state index in [0.29, 0.717) is 12.4 Å². The largest absolute Gasteiger partial charge is 0.494 e. The molecule has 0 radical (unpaired) electrons. The van der Waals surface area contributed by atoms with Crippen LogP contribution in [0.3, 0.4) is 0 Å². The van der Waals surface area contributed by atoms with Crippen molar-refractivity contribution in [2.24, 2.45) is 0 Å². The van der Waals surface area contributed by atoms with E-state index in [-0.39, 0.29) is 11.3 Å². The number of hydrogen-bond acceptors (Lipinski definition) is 3. The van der Waals surface area contributed by atoms with Crippen molar-refractivity contribution in [3.05, 3.63) is 48.3 Å². The van der Waals surface area contributed by atoms with Crippen molar-refractivity contribution in [2.45, 2.75) is 12.3 Å². The summed E-state index contributed by atoms with van der Waals surface area (Å²) in [5, 5.41) is 0.119. The van der Waals surface area contributed by atoms with Gasteiger partial charge in [0.2, 0.25) is 5.91 Å². The summed E-state index contributed by atoms with van der Waals surface area (Å²) in [4.78, 5) is 13.4. The Balaban J connectivity index is 1.85. The molecule has 3 rings (SSSR count). The van der Waals surface area contributed by atoms with Crippen LogP contribution in [0.25, 0.3) is 5.69 Å². The normalized spacial score (nSPS) is 18.3. The van der Waals surface area contributed by atoms with Gasteiger partial charge in [0.1, 0.15) is 11.1 Å². The molecule has 1 aliphatic rings. The van der Waals surface area contributed by atoms with Crippen molar-refractivity contribution < 1.29 is 9.53 Å². The number of benzene rings is 1. The summed E-state index contributed by atoms with van der Waals surface area (Å²) in [5.74, 6) is 1.62. The average Bonchev–Trinajstić information content (AvgIpc) is 3.08. The average molecular weight is 302 g/mol. The molecule has 1 amide bonds. The van der Waals surface area contributed by atoms with E-state index in [4.69, 9.17) is 4.74 Å². The Hall–Kier alpha value is -1.88. The van der Waals surface area contributed by atoms with Crippen LogP contribution in [0.2, 0.25) is 0 Å². The van der Waals surface area contributed by atoms with Gasteiger partial charge in [-0.15, -0.1) is 11.8 Å². The summed E-state index contributed by atoms with van der Waals surface area (Å²) >= 11 is 1.67. The van der Waals surface area contributed by atoms with Gasteiger partial charge in [-0.3, -0.25) is 4.79 Å². The molecule has 4 nitrogen and oxygen atoms in total. The molecule has 5 heteroatoms. The summed E-state index contributed by atoms with van der Waals surface area (Å²) in [6.45, 7) is 2.64. The SMILES string of the molecule is CCOc1cccc(-n2ccc([C@H]3SCC(=O)N3C)c2)c1. The van der Waals surface area contributed by atoms with E-state index in [9.17, 15) is 4.79 Å². The van der Waals surface area contributed by atoms with Crippen molar-refractivity contribution in [1.29, 1.82) is 0 Å². The van der Waals surface area contributed by atoms with Crippen LogP contribution in [0.1, 0.15) is 17.9 Å². The van der Waals surface area contributed by atoms with Gasteiger partial charge in [0.25, 0.3) is 0 Å². The van der Waals surface area contributed by atoms with Crippen molar-refractivity contribution >= 4 is 17.7 Å². The van der Waals surface area contributed by atoms with Gasteiger partial charge in [-0.1, -0.05) is 6.07 Å². The zero-order chi connectivity index (χ0) is 14.8. The van der Waals surface area contributed by atoms with Gasteiger partial charge in [-0.05, 0) is 25.1 Å². The van der Waals surface area contributed by atoms with Gasteiger partial charge in [-0.2, -0.15) is 0 Å². The predicted molar refractivity (Wildman–Crippen MR) is 84.9 cm³/mol. The highest BCUT2D eigenvalue weighted by Crippen LogP contribution is 2.37. The first-order valence-electron chi connectivity index (χ1n) is 6.97. The van der Waals surface area contributed by atoms with Crippen LogP contribution in [0.5, 0.6) is 5.75 Å². The molecule has 1 aliphatic heterocycles. The Morgan fingerprint density at radius 3 is 2.95 bits per heavy atom. The topological polar surface area (TPSA) is 34.5 Å². The zero-order valence-corrected chi connectivity index (χ0v) is 13.0. The van der Waals surface area contributed by atoms with Crippen molar-refractivity contribution in [3.63, 3.8) is 0 Å². The summed E-state index contributed by atoms with van der Waals surface area (Å²) in [6.07, 6.45) is 4.11. The monoisotopic (exact) mass is 302 g/mol. The molecule has 2 aromatic rings. The number of ether oxygens (including phenoxy) is 1. The Labute approximate surface area is 128 Å². The molecule has 1 fully saturated rings. The van der Waals surface area contributed by atoms with E-state index >= 15 is 0 Å². The summed E-state index contributed by atoms with van der Waals surface area (Å²) < 4.78 is 7.60. The Kier molecular flexibility index (Phi) is 3.92. The number of nitrogens with zero attached hydrogens (tertiary/aromatic N) is 2. The maximum absolute atomic E-state index is 11.6. The fourth-order valence-electron chi connectivity index (χ4n) is 2.43. The highest BCUT2D eigenvalue weighted by molar-refractivity contribution is 8.00.